The summed E-state index contributed by atoms with van der Waals surface area (Å²) < 4.78 is 1.06. The Balaban J connectivity index is 1.85. The lowest BCUT2D eigenvalue weighted by Crippen LogP contribution is -2.41. The fraction of sp³-hybridized carbons (Fsp3) is 0.562. The summed E-state index contributed by atoms with van der Waals surface area (Å²) in [7, 11) is 0. The van der Waals surface area contributed by atoms with Gasteiger partial charge in [-0.1, -0.05) is 22.9 Å². The smallest absolute Gasteiger partial charge is 0.238 e. The minimum Gasteiger partial charge on any atom is -0.325 e. The number of aryl methyl sites for hydroxylation is 1. The first-order chi connectivity index (χ1) is 10.1. The van der Waals surface area contributed by atoms with Gasteiger partial charge in [0.2, 0.25) is 5.91 Å². The molecule has 1 saturated heterocycles. The van der Waals surface area contributed by atoms with Gasteiger partial charge in [-0.2, -0.15) is 0 Å². The van der Waals surface area contributed by atoms with E-state index < -0.39 is 0 Å². The Morgan fingerprint density at radius 1 is 1.52 bits per heavy atom. The lowest BCUT2D eigenvalue weighted by molar-refractivity contribution is -0.117. The second kappa shape index (κ2) is 7.92. The van der Waals surface area contributed by atoms with Crippen LogP contribution in [0.2, 0.25) is 0 Å². The summed E-state index contributed by atoms with van der Waals surface area (Å²) in [5.74, 6) is 0.0524. The molecule has 1 aliphatic heterocycles. The summed E-state index contributed by atoms with van der Waals surface area (Å²) in [6.07, 6.45) is 2.45. The molecule has 1 heterocycles. The topological polar surface area (TPSA) is 44.4 Å². The molecule has 0 bridgehead atoms. The first kappa shape index (κ1) is 16.5. The van der Waals surface area contributed by atoms with E-state index in [1.807, 2.05) is 25.1 Å². The number of anilines is 1. The second-order valence-corrected chi connectivity index (χ2v) is 6.49. The van der Waals surface area contributed by atoms with Crippen molar-refractivity contribution in [2.24, 2.45) is 0 Å². The summed E-state index contributed by atoms with van der Waals surface area (Å²) >= 11 is 3.47. The van der Waals surface area contributed by atoms with Crippen molar-refractivity contribution >= 4 is 27.5 Å². The van der Waals surface area contributed by atoms with Crippen LogP contribution in [0.15, 0.2) is 22.7 Å². The maximum absolute atomic E-state index is 12.2. The van der Waals surface area contributed by atoms with Crippen LogP contribution in [-0.2, 0) is 4.79 Å². The zero-order valence-electron chi connectivity index (χ0n) is 12.8. The Hall–Kier alpha value is -0.910. The van der Waals surface area contributed by atoms with Crippen LogP contribution in [0.4, 0.5) is 5.69 Å². The molecule has 1 unspecified atom stereocenters. The normalized spacial score (nSPS) is 18.2. The standard InChI is InChI=1S/C16H24BrN3O/c1-3-20(10-14-5-4-8-18-14)11-16(21)19-13-6-7-15(17)12(2)9-13/h6-7,9,14,18H,3-5,8,10-11H2,1-2H3,(H,19,21). The maximum Gasteiger partial charge on any atom is 0.238 e. The molecular formula is C16H24BrN3O. The van der Waals surface area contributed by atoms with Crippen LogP contribution in [-0.4, -0.2) is 43.0 Å². The Morgan fingerprint density at radius 2 is 2.33 bits per heavy atom. The Kier molecular flexibility index (Phi) is 6.21. The van der Waals surface area contributed by atoms with E-state index in [9.17, 15) is 4.79 Å². The van der Waals surface area contributed by atoms with Gasteiger partial charge in [0.1, 0.15) is 0 Å². The van der Waals surface area contributed by atoms with Gasteiger partial charge in [0, 0.05) is 22.7 Å². The largest absolute Gasteiger partial charge is 0.325 e. The minimum atomic E-state index is 0.0524. The lowest BCUT2D eigenvalue weighted by Gasteiger charge is -2.23. The van der Waals surface area contributed by atoms with Gasteiger partial charge in [0.05, 0.1) is 6.54 Å². The quantitative estimate of drug-likeness (QED) is 0.826. The summed E-state index contributed by atoms with van der Waals surface area (Å²) in [6.45, 7) is 7.51. The highest BCUT2D eigenvalue weighted by atomic mass is 79.9. The number of likely N-dealkylation sites (N-methyl/N-ethyl adjacent to an activating group) is 1. The highest BCUT2D eigenvalue weighted by molar-refractivity contribution is 9.10. The Morgan fingerprint density at radius 3 is 2.95 bits per heavy atom. The molecule has 5 heteroatoms. The maximum atomic E-state index is 12.2. The van der Waals surface area contributed by atoms with Crippen molar-refractivity contribution in [1.82, 2.24) is 10.2 Å². The van der Waals surface area contributed by atoms with Gasteiger partial charge in [-0.05, 0) is 56.6 Å². The highest BCUT2D eigenvalue weighted by Gasteiger charge is 2.18. The lowest BCUT2D eigenvalue weighted by atomic mass is 10.2. The van der Waals surface area contributed by atoms with E-state index in [4.69, 9.17) is 0 Å². The average Bonchev–Trinajstić information content (AvgIpc) is 2.95. The van der Waals surface area contributed by atoms with Crippen molar-refractivity contribution in [2.75, 3.05) is 31.5 Å². The van der Waals surface area contributed by atoms with E-state index in [0.717, 1.165) is 35.4 Å². The second-order valence-electron chi connectivity index (χ2n) is 5.63. The van der Waals surface area contributed by atoms with Crippen molar-refractivity contribution in [3.8, 4) is 0 Å². The number of carbonyl (C=O) groups is 1. The number of amides is 1. The number of carbonyl (C=O) groups excluding carboxylic acids is 1. The highest BCUT2D eigenvalue weighted by Crippen LogP contribution is 2.20. The fourth-order valence-electron chi connectivity index (χ4n) is 2.66. The van der Waals surface area contributed by atoms with Crippen LogP contribution in [0.1, 0.15) is 25.3 Å². The molecule has 116 valence electrons. The van der Waals surface area contributed by atoms with Gasteiger partial charge < -0.3 is 10.6 Å². The molecule has 0 saturated carbocycles. The van der Waals surface area contributed by atoms with Gasteiger partial charge in [0.25, 0.3) is 0 Å². The Bertz CT molecular complexity index is 486. The predicted octanol–water partition coefficient (Wildman–Crippen LogP) is 2.77. The first-order valence-corrected chi connectivity index (χ1v) is 8.39. The van der Waals surface area contributed by atoms with Crippen molar-refractivity contribution in [2.45, 2.75) is 32.7 Å². The van der Waals surface area contributed by atoms with Gasteiger partial charge in [-0.3, -0.25) is 9.69 Å². The van der Waals surface area contributed by atoms with Crippen molar-refractivity contribution < 1.29 is 4.79 Å². The Labute approximate surface area is 135 Å². The van der Waals surface area contributed by atoms with Gasteiger partial charge in [0.15, 0.2) is 0 Å². The number of hydrogen-bond acceptors (Lipinski definition) is 3. The molecule has 0 radical (unpaired) electrons. The molecule has 0 spiro atoms. The fourth-order valence-corrected chi connectivity index (χ4v) is 2.90. The summed E-state index contributed by atoms with van der Waals surface area (Å²) in [5, 5.41) is 6.46. The molecule has 21 heavy (non-hydrogen) atoms. The van der Waals surface area contributed by atoms with Crippen LogP contribution in [0.25, 0.3) is 0 Å². The first-order valence-electron chi connectivity index (χ1n) is 7.60. The van der Waals surface area contributed by atoms with Gasteiger partial charge in [-0.15, -0.1) is 0 Å². The predicted molar refractivity (Wildman–Crippen MR) is 90.6 cm³/mol. The molecule has 1 amide bonds. The van der Waals surface area contributed by atoms with E-state index in [0.29, 0.717) is 12.6 Å². The van der Waals surface area contributed by atoms with Gasteiger partial charge in [-0.25, -0.2) is 0 Å². The molecule has 1 atom stereocenters. The molecular weight excluding hydrogens is 330 g/mol. The van der Waals surface area contributed by atoms with Gasteiger partial charge >= 0.3 is 0 Å². The zero-order valence-corrected chi connectivity index (χ0v) is 14.4. The minimum absolute atomic E-state index is 0.0524. The number of benzene rings is 1. The number of nitrogens with one attached hydrogen (secondary N) is 2. The van der Waals surface area contributed by atoms with Crippen LogP contribution < -0.4 is 10.6 Å². The molecule has 4 nitrogen and oxygen atoms in total. The summed E-state index contributed by atoms with van der Waals surface area (Å²) in [5.41, 5.74) is 1.98. The molecule has 0 aliphatic carbocycles. The third-order valence-electron chi connectivity index (χ3n) is 3.90. The van der Waals surface area contributed by atoms with Crippen molar-refractivity contribution in [3.63, 3.8) is 0 Å². The molecule has 2 rings (SSSR count). The third-order valence-corrected chi connectivity index (χ3v) is 4.79. The van der Waals surface area contributed by atoms with Crippen LogP contribution in [0.5, 0.6) is 0 Å². The van der Waals surface area contributed by atoms with E-state index in [-0.39, 0.29) is 5.91 Å². The molecule has 1 aromatic rings. The van der Waals surface area contributed by atoms with Crippen LogP contribution in [0.3, 0.4) is 0 Å². The van der Waals surface area contributed by atoms with Crippen molar-refractivity contribution in [1.29, 1.82) is 0 Å². The zero-order chi connectivity index (χ0) is 15.2. The number of nitrogens with zero attached hydrogens (tertiary/aromatic N) is 1. The molecule has 1 aromatic carbocycles. The van der Waals surface area contributed by atoms with Crippen LogP contribution >= 0.6 is 15.9 Å². The van der Waals surface area contributed by atoms with Crippen LogP contribution in [0, 0.1) is 6.92 Å². The summed E-state index contributed by atoms with van der Waals surface area (Å²) in [6, 6.07) is 6.40. The number of hydrogen-bond donors (Lipinski definition) is 2. The van der Waals surface area contributed by atoms with E-state index >= 15 is 0 Å². The number of rotatable bonds is 6. The third kappa shape index (κ3) is 5.09. The number of halogens is 1. The molecule has 2 N–H and O–H groups in total. The monoisotopic (exact) mass is 353 g/mol. The molecule has 0 aromatic heterocycles. The summed E-state index contributed by atoms with van der Waals surface area (Å²) in [4.78, 5) is 14.4. The van der Waals surface area contributed by atoms with Crippen molar-refractivity contribution in [3.05, 3.63) is 28.2 Å². The van der Waals surface area contributed by atoms with E-state index in [2.05, 4.69) is 38.4 Å². The molecule has 1 aliphatic rings. The SMILES string of the molecule is CCN(CC(=O)Nc1ccc(Br)c(C)c1)CC1CCCN1. The average molecular weight is 354 g/mol. The molecule has 1 fully saturated rings. The van der Waals surface area contributed by atoms with E-state index in [1.54, 1.807) is 0 Å². The van der Waals surface area contributed by atoms with E-state index in [1.165, 1.54) is 12.8 Å².